The molecule has 152 valence electrons. The Hall–Kier alpha value is -3.35. The van der Waals surface area contributed by atoms with E-state index in [2.05, 4.69) is 5.32 Å². The topological polar surface area (TPSA) is 79.0 Å². The van der Waals surface area contributed by atoms with Gasteiger partial charge in [-0.2, -0.15) is 0 Å². The first-order valence-electron chi connectivity index (χ1n) is 9.63. The molecule has 1 aliphatic heterocycles. The molecule has 0 aliphatic carbocycles. The molecule has 3 rings (SSSR count). The second kappa shape index (κ2) is 9.73. The number of rotatable bonds is 6. The van der Waals surface area contributed by atoms with Crippen LogP contribution in [0.2, 0.25) is 0 Å². The summed E-state index contributed by atoms with van der Waals surface area (Å²) in [5.74, 6) is 0.368. The molecular formula is C22H25N3O4. The van der Waals surface area contributed by atoms with Crippen molar-refractivity contribution in [2.24, 2.45) is 0 Å². The minimum absolute atomic E-state index is 0.0214. The van der Waals surface area contributed by atoms with Gasteiger partial charge >= 0.3 is 0 Å². The highest BCUT2D eigenvalue weighted by molar-refractivity contribution is 5.95. The Bertz CT molecular complexity index is 861. The number of nitrogens with one attached hydrogen (secondary N) is 1. The van der Waals surface area contributed by atoms with Crippen molar-refractivity contribution < 1.29 is 19.1 Å². The summed E-state index contributed by atoms with van der Waals surface area (Å²) < 4.78 is 5.17. The van der Waals surface area contributed by atoms with Gasteiger partial charge in [-0.15, -0.1) is 0 Å². The van der Waals surface area contributed by atoms with Gasteiger partial charge in [0.15, 0.2) is 0 Å². The largest absolute Gasteiger partial charge is 0.497 e. The summed E-state index contributed by atoms with van der Waals surface area (Å²) in [7, 11) is 1.57. The van der Waals surface area contributed by atoms with E-state index in [1.807, 2.05) is 6.07 Å². The minimum atomic E-state index is -0.188. The fourth-order valence-corrected chi connectivity index (χ4v) is 3.23. The van der Waals surface area contributed by atoms with E-state index in [9.17, 15) is 14.4 Å². The molecule has 0 radical (unpaired) electrons. The maximum Gasteiger partial charge on any atom is 0.254 e. The standard InChI is InChI=1S/C22H25N3O4/c1-29-19-9-5-8-18(16-19)22(28)25-14-12-24(13-15-25)20(26)10-11-23-21(27)17-6-3-2-4-7-17/h2-9,16H,10-15H2,1H3,(H,23,27). The number of nitrogens with zero attached hydrogens (tertiary/aromatic N) is 2. The molecule has 2 aromatic rings. The zero-order valence-electron chi connectivity index (χ0n) is 16.5. The lowest BCUT2D eigenvalue weighted by Crippen LogP contribution is -2.51. The van der Waals surface area contributed by atoms with Crippen LogP contribution in [0.3, 0.4) is 0 Å². The minimum Gasteiger partial charge on any atom is -0.497 e. The molecule has 0 aromatic heterocycles. The van der Waals surface area contributed by atoms with Crippen LogP contribution < -0.4 is 10.1 Å². The summed E-state index contributed by atoms with van der Waals surface area (Å²) in [6.07, 6.45) is 0.238. The summed E-state index contributed by atoms with van der Waals surface area (Å²) in [5, 5.41) is 2.77. The molecule has 7 nitrogen and oxygen atoms in total. The van der Waals surface area contributed by atoms with Crippen LogP contribution >= 0.6 is 0 Å². The van der Waals surface area contributed by atoms with Gasteiger partial charge in [0.2, 0.25) is 5.91 Å². The van der Waals surface area contributed by atoms with Crippen molar-refractivity contribution >= 4 is 17.7 Å². The van der Waals surface area contributed by atoms with Gasteiger partial charge in [-0.25, -0.2) is 0 Å². The van der Waals surface area contributed by atoms with Crippen molar-refractivity contribution in [1.29, 1.82) is 0 Å². The first-order chi connectivity index (χ1) is 14.1. The molecule has 0 saturated carbocycles. The third-order valence-corrected chi connectivity index (χ3v) is 4.90. The van der Waals surface area contributed by atoms with Crippen LogP contribution in [0.4, 0.5) is 0 Å². The zero-order valence-corrected chi connectivity index (χ0v) is 16.5. The molecule has 0 spiro atoms. The molecule has 3 amide bonds. The van der Waals surface area contributed by atoms with E-state index in [1.165, 1.54) is 0 Å². The fraction of sp³-hybridized carbons (Fsp3) is 0.318. The van der Waals surface area contributed by atoms with E-state index in [4.69, 9.17) is 4.74 Å². The highest BCUT2D eigenvalue weighted by Gasteiger charge is 2.24. The number of amides is 3. The number of hydrogen-bond donors (Lipinski definition) is 1. The Balaban J connectivity index is 1.43. The smallest absolute Gasteiger partial charge is 0.254 e. The van der Waals surface area contributed by atoms with Gasteiger partial charge in [-0.05, 0) is 30.3 Å². The van der Waals surface area contributed by atoms with Gasteiger partial charge < -0.3 is 19.9 Å². The molecule has 1 N–H and O–H groups in total. The Labute approximate surface area is 170 Å². The first kappa shape index (κ1) is 20.4. The Morgan fingerprint density at radius 1 is 0.897 bits per heavy atom. The second-order valence-electron chi connectivity index (χ2n) is 6.78. The molecular weight excluding hydrogens is 370 g/mol. The maximum atomic E-state index is 12.6. The quantitative estimate of drug-likeness (QED) is 0.809. The SMILES string of the molecule is COc1cccc(C(=O)N2CCN(C(=O)CCNC(=O)c3ccccc3)CC2)c1. The van der Waals surface area contributed by atoms with Crippen LogP contribution in [0, 0.1) is 0 Å². The van der Waals surface area contributed by atoms with Crippen molar-refractivity contribution in [3.05, 3.63) is 65.7 Å². The van der Waals surface area contributed by atoms with Gasteiger partial charge in [-0.3, -0.25) is 14.4 Å². The number of carbonyl (C=O) groups excluding carboxylic acids is 3. The lowest BCUT2D eigenvalue weighted by atomic mass is 10.1. The summed E-state index contributed by atoms with van der Waals surface area (Å²) in [6.45, 7) is 2.23. The average Bonchev–Trinajstić information content (AvgIpc) is 2.79. The number of piperazine rings is 1. The van der Waals surface area contributed by atoms with Gasteiger partial charge in [0, 0.05) is 50.3 Å². The Kier molecular flexibility index (Phi) is 6.84. The van der Waals surface area contributed by atoms with Crippen LogP contribution in [0.5, 0.6) is 5.75 Å². The summed E-state index contributed by atoms with van der Waals surface area (Å²) in [5.41, 5.74) is 1.15. The Morgan fingerprint density at radius 2 is 1.55 bits per heavy atom. The van der Waals surface area contributed by atoms with E-state index < -0.39 is 0 Å². The highest BCUT2D eigenvalue weighted by atomic mass is 16.5. The Morgan fingerprint density at radius 3 is 2.24 bits per heavy atom. The predicted octanol–water partition coefficient (Wildman–Crippen LogP) is 1.80. The van der Waals surface area contributed by atoms with Crippen molar-refractivity contribution in [2.75, 3.05) is 39.8 Å². The molecule has 0 atom stereocenters. The summed E-state index contributed by atoms with van der Waals surface area (Å²) in [6, 6.07) is 16.0. The lowest BCUT2D eigenvalue weighted by Gasteiger charge is -2.35. The average molecular weight is 395 g/mol. The van der Waals surface area contributed by atoms with Crippen molar-refractivity contribution in [3.8, 4) is 5.75 Å². The fourth-order valence-electron chi connectivity index (χ4n) is 3.23. The van der Waals surface area contributed by atoms with Crippen molar-refractivity contribution in [2.45, 2.75) is 6.42 Å². The number of benzene rings is 2. The monoisotopic (exact) mass is 395 g/mol. The van der Waals surface area contributed by atoms with E-state index >= 15 is 0 Å². The number of hydrogen-bond acceptors (Lipinski definition) is 4. The lowest BCUT2D eigenvalue weighted by molar-refractivity contribution is -0.132. The number of ether oxygens (including phenoxy) is 1. The second-order valence-corrected chi connectivity index (χ2v) is 6.78. The third kappa shape index (κ3) is 5.34. The molecule has 1 aliphatic rings. The van der Waals surface area contributed by atoms with Crippen molar-refractivity contribution in [3.63, 3.8) is 0 Å². The normalized spacial score (nSPS) is 13.7. The molecule has 1 heterocycles. The van der Waals surface area contributed by atoms with Gasteiger partial charge in [0.1, 0.15) is 5.75 Å². The molecule has 0 bridgehead atoms. The maximum absolute atomic E-state index is 12.6. The highest BCUT2D eigenvalue weighted by Crippen LogP contribution is 2.15. The van der Waals surface area contributed by atoms with Crippen LogP contribution in [0.15, 0.2) is 54.6 Å². The first-order valence-corrected chi connectivity index (χ1v) is 9.63. The van der Waals surface area contributed by atoms with Crippen molar-refractivity contribution in [1.82, 2.24) is 15.1 Å². The van der Waals surface area contributed by atoms with E-state index in [1.54, 1.807) is 65.4 Å². The van der Waals surface area contributed by atoms with Crippen LogP contribution in [0.25, 0.3) is 0 Å². The number of carbonyl (C=O) groups is 3. The van der Waals surface area contributed by atoms with Crippen LogP contribution in [0.1, 0.15) is 27.1 Å². The molecule has 1 saturated heterocycles. The summed E-state index contributed by atoms with van der Waals surface area (Å²) in [4.78, 5) is 40.5. The zero-order chi connectivity index (χ0) is 20.6. The molecule has 1 fully saturated rings. The van der Waals surface area contributed by atoms with Gasteiger partial charge in [0.05, 0.1) is 7.11 Å². The molecule has 0 unspecified atom stereocenters. The molecule has 2 aromatic carbocycles. The van der Waals surface area contributed by atoms with E-state index in [0.29, 0.717) is 43.1 Å². The predicted molar refractivity (Wildman–Crippen MR) is 109 cm³/mol. The molecule has 7 heteroatoms. The number of methoxy groups -OCH3 is 1. The van der Waals surface area contributed by atoms with Gasteiger partial charge in [0.25, 0.3) is 11.8 Å². The molecule has 29 heavy (non-hydrogen) atoms. The van der Waals surface area contributed by atoms with Gasteiger partial charge in [-0.1, -0.05) is 24.3 Å². The van der Waals surface area contributed by atoms with Crippen LogP contribution in [-0.2, 0) is 4.79 Å². The van der Waals surface area contributed by atoms with E-state index in [0.717, 1.165) is 0 Å². The third-order valence-electron chi connectivity index (χ3n) is 4.90. The van der Waals surface area contributed by atoms with E-state index in [-0.39, 0.29) is 30.7 Å². The van der Waals surface area contributed by atoms with Crippen LogP contribution in [-0.4, -0.2) is 67.4 Å². The summed E-state index contributed by atoms with van der Waals surface area (Å²) >= 11 is 0.